The summed E-state index contributed by atoms with van der Waals surface area (Å²) in [6, 6.07) is 12.2. The van der Waals surface area contributed by atoms with E-state index < -0.39 is 0 Å². The van der Waals surface area contributed by atoms with Crippen LogP contribution in [-0.4, -0.2) is 56.7 Å². The van der Waals surface area contributed by atoms with Crippen LogP contribution in [-0.2, 0) is 4.74 Å². The van der Waals surface area contributed by atoms with Gasteiger partial charge in [0.05, 0.1) is 35.5 Å². The van der Waals surface area contributed by atoms with Gasteiger partial charge in [0, 0.05) is 26.0 Å². The maximum absolute atomic E-state index is 13.0. The van der Waals surface area contributed by atoms with E-state index in [-0.39, 0.29) is 23.7 Å². The number of rotatable bonds is 5. The first kappa shape index (κ1) is 20.8. The first-order valence-corrected chi connectivity index (χ1v) is 10.6. The van der Waals surface area contributed by atoms with Crippen LogP contribution in [0.4, 0.5) is 5.82 Å². The Labute approximate surface area is 189 Å². The van der Waals surface area contributed by atoms with Crippen LogP contribution in [0.1, 0.15) is 29.0 Å². The van der Waals surface area contributed by atoms with E-state index in [1.807, 2.05) is 30.0 Å². The highest BCUT2D eigenvalue weighted by Gasteiger charge is 2.32. The zero-order chi connectivity index (χ0) is 22.9. The average molecular weight is 445 g/mol. The molecule has 4 aromatic rings. The van der Waals surface area contributed by atoms with Gasteiger partial charge in [-0.05, 0) is 43.3 Å². The smallest absolute Gasteiger partial charge is 0.333 e. The number of nitrogens with zero attached hydrogens (tertiary/aromatic N) is 5. The highest BCUT2D eigenvalue weighted by Crippen LogP contribution is 2.31. The number of H-pyrrole nitrogens is 1. The van der Waals surface area contributed by atoms with Crippen molar-refractivity contribution in [1.82, 2.24) is 29.8 Å². The molecule has 0 bridgehead atoms. The molecular weight excluding hydrogens is 422 g/mol. The van der Waals surface area contributed by atoms with Crippen molar-refractivity contribution in [2.24, 2.45) is 0 Å². The fourth-order valence-corrected chi connectivity index (χ4v) is 4.18. The highest BCUT2D eigenvalue weighted by atomic mass is 16.5. The number of aromatic nitrogens is 5. The van der Waals surface area contributed by atoms with Gasteiger partial charge in [-0.3, -0.25) is 14.8 Å². The number of fused-ring (bicyclic) bond motifs is 2. The second-order valence-corrected chi connectivity index (χ2v) is 7.89. The van der Waals surface area contributed by atoms with Gasteiger partial charge in [-0.1, -0.05) is 6.07 Å². The minimum absolute atomic E-state index is 0.180. The third kappa shape index (κ3) is 3.74. The number of aromatic amines is 1. The first-order valence-electron chi connectivity index (χ1n) is 10.6. The number of methoxy groups -OCH3 is 1. The molecule has 0 radical (unpaired) electrons. The minimum atomic E-state index is -0.351. The Bertz CT molecular complexity index is 1370. The van der Waals surface area contributed by atoms with Crippen molar-refractivity contribution in [3.8, 4) is 5.82 Å². The number of hydrogen-bond donors (Lipinski definition) is 2. The first-order chi connectivity index (χ1) is 16.1. The minimum Gasteiger partial charge on any atom is -0.382 e. The second-order valence-electron chi connectivity index (χ2n) is 7.89. The molecule has 0 aliphatic carbocycles. The quantitative estimate of drug-likeness (QED) is 0.481. The highest BCUT2D eigenvalue weighted by molar-refractivity contribution is 6.00. The lowest BCUT2D eigenvalue weighted by Crippen LogP contribution is -2.44. The number of imidazole rings is 1. The summed E-state index contributed by atoms with van der Waals surface area (Å²) in [5.74, 6) is 0.635. The maximum atomic E-state index is 13.0. The molecule has 1 aliphatic rings. The molecule has 5 heterocycles. The van der Waals surface area contributed by atoms with E-state index in [1.54, 1.807) is 43.8 Å². The number of ether oxygens (including phenoxy) is 1. The van der Waals surface area contributed by atoms with Crippen LogP contribution in [0.25, 0.3) is 17.0 Å². The molecule has 2 N–H and O–H groups in total. The molecule has 1 aliphatic heterocycles. The monoisotopic (exact) mass is 445 g/mol. The molecule has 168 valence electrons. The van der Waals surface area contributed by atoms with E-state index >= 15 is 0 Å². The lowest BCUT2D eigenvalue weighted by Gasteiger charge is -2.31. The van der Waals surface area contributed by atoms with E-state index in [2.05, 4.69) is 20.3 Å². The van der Waals surface area contributed by atoms with E-state index in [9.17, 15) is 9.59 Å². The summed E-state index contributed by atoms with van der Waals surface area (Å²) >= 11 is 0. The van der Waals surface area contributed by atoms with Gasteiger partial charge in [0.15, 0.2) is 5.65 Å². The molecule has 2 atom stereocenters. The summed E-state index contributed by atoms with van der Waals surface area (Å²) in [6.07, 6.45) is 3.35. The molecule has 5 rings (SSSR count). The zero-order valence-electron chi connectivity index (χ0n) is 18.2. The van der Waals surface area contributed by atoms with E-state index in [0.29, 0.717) is 41.5 Å². The van der Waals surface area contributed by atoms with Crippen molar-refractivity contribution in [3.63, 3.8) is 0 Å². The third-order valence-electron chi connectivity index (χ3n) is 5.77. The normalized spacial score (nSPS) is 16.8. The van der Waals surface area contributed by atoms with Gasteiger partial charge < -0.3 is 15.0 Å². The lowest BCUT2D eigenvalue weighted by atomic mass is 10.1. The van der Waals surface area contributed by atoms with Gasteiger partial charge in [0.1, 0.15) is 11.6 Å². The summed E-state index contributed by atoms with van der Waals surface area (Å²) in [7, 11) is 1.60. The number of carbonyl (C=O) groups is 1. The largest absolute Gasteiger partial charge is 0.382 e. The molecular formula is C23H23N7O3. The van der Waals surface area contributed by atoms with Gasteiger partial charge in [-0.15, -0.1) is 0 Å². The van der Waals surface area contributed by atoms with Crippen molar-refractivity contribution >= 4 is 22.9 Å². The number of anilines is 1. The predicted octanol–water partition coefficient (Wildman–Crippen LogP) is 1.83. The van der Waals surface area contributed by atoms with Crippen LogP contribution < -0.4 is 15.9 Å². The molecule has 0 fully saturated rings. The topological polar surface area (TPSA) is 118 Å². The van der Waals surface area contributed by atoms with Crippen LogP contribution in [0.15, 0.2) is 59.7 Å². The predicted molar refractivity (Wildman–Crippen MR) is 123 cm³/mol. The molecule has 0 saturated carbocycles. The number of pyridine rings is 3. The Morgan fingerprint density at radius 3 is 2.76 bits per heavy atom. The molecule has 0 unspecified atom stereocenters. The van der Waals surface area contributed by atoms with E-state index in [0.717, 1.165) is 5.69 Å². The summed E-state index contributed by atoms with van der Waals surface area (Å²) < 4.78 is 6.79. The Hall–Kier alpha value is -4.05. The molecule has 10 nitrogen and oxygen atoms in total. The van der Waals surface area contributed by atoms with Gasteiger partial charge in [-0.25, -0.2) is 19.3 Å². The lowest BCUT2D eigenvalue weighted by molar-refractivity contribution is 0.0906. The number of hydrogen-bond acceptors (Lipinski definition) is 7. The zero-order valence-corrected chi connectivity index (χ0v) is 18.2. The van der Waals surface area contributed by atoms with Crippen LogP contribution in [0.3, 0.4) is 0 Å². The third-order valence-corrected chi connectivity index (χ3v) is 5.77. The molecule has 0 spiro atoms. The van der Waals surface area contributed by atoms with Crippen LogP contribution in [0.2, 0.25) is 0 Å². The average Bonchev–Trinajstić information content (AvgIpc) is 3.10. The van der Waals surface area contributed by atoms with Crippen LogP contribution in [0, 0.1) is 0 Å². The molecule has 4 aromatic heterocycles. The fraction of sp³-hybridized carbons (Fsp3) is 0.261. The van der Waals surface area contributed by atoms with Gasteiger partial charge >= 0.3 is 5.69 Å². The Morgan fingerprint density at radius 1 is 1.12 bits per heavy atom. The van der Waals surface area contributed by atoms with Gasteiger partial charge in [-0.2, -0.15) is 0 Å². The van der Waals surface area contributed by atoms with Crippen molar-refractivity contribution in [2.45, 2.75) is 19.0 Å². The standard InChI is InChI=1S/C23H23N7O3/c1-14(17-6-3-4-10-24-17)29-12-15(13-33-2)26-22(31)16-8-9-19(27-21(16)29)30-18-7-5-11-25-20(18)28-23(30)32/h3-11,14-15H,12-13H2,1-2H3,(H,26,31)(H,25,28,32)/t14-,15-/m0/s1. The van der Waals surface area contributed by atoms with E-state index in [4.69, 9.17) is 9.72 Å². The molecule has 1 amide bonds. The molecule has 0 saturated heterocycles. The summed E-state index contributed by atoms with van der Waals surface area (Å²) in [6.45, 7) is 2.83. The Morgan fingerprint density at radius 2 is 1.97 bits per heavy atom. The van der Waals surface area contributed by atoms with E-state index in [1.165, 1.54) is 4.57 Å². The molecule has 10 heteroatoms. The van der Waals surface area contributed by atoms with Gasteiger partial charge in [0.2, 0.25) is 0 Å². The summed E-state index contributed by atoms with van der Waals surface area (Å²) in [5.41, 5.74) is 1.99. The fourth-order valence-electron chi connectivity index (χ4n) is 4.18. The molecule has 33 heavy (non-hydrogen) atoms. The SMILES string of the molecule is COC[C@@H]1CN([C@@H](C)c2ccccn2)c2nc(-n3c(=O)[nH]c4ncccc43)ccc2C(=O)N1. The van der Waals surface area contributed by atoms with Crippen molar-refractivity contribution in [2.75, 3.05) is 25.2 Å². The van der Waals surface area contributed by atoms with Crippen molar-refractivity contribution in [3.05, 3.63) is 76.6 Å². The summed E-state index contributed by atoms with van der Waals surface area (Å²) in [5, 5.41) is 3.02. The second kappa shape index (κ2) is 8.47. The number of amides is 1. The number of nitrogens with one attached hydrogen (secondary N) is 2. The molecule has 0 aromatic carbocycles. The van der Waals surface area contributed by atoms with Crippen molar-refractivity contribution < 1.29 is 9.53 Å². The van der Waals surface area contributed by atoms with Crippen molar-refractivity contribution in [1.29, 1.82) is 0 Å². The number of carbonyl (C=O) groups excluding carboxylic acids is 1. The Kier molecular flexibility index (Phi) is 5.35. The Balaban J connectivity index is 1.67. The van der Waals surface area contributed by atoms with Gasteiger partial charge in [0.25, 0.3) is 5.91 Å². The van der Waals surface area contributed by atoms with Crippen LogP contribution >= 0.6 is 0 Å². The maximum Gasteiger partial charge on any atom is 0.333 e. The van der Waals surface area contributed by atoms with Crippen LogP contribution in [0.5, 0.6) is 0 Å². The summed E-state index contributed by atoms with van der Waals surface area (Å²) in [4.78, 5) is 44.1.